The molecule has 1 N–H and O–H groups in total. The van der Waals surface area contributed by atoms with Gasteiger partial charge < -0.3 is 9.72 Å². The number of likely N-dealkylation sites (tertiary alicyclic amines) is 1. The number of benzene rings is 2. The predicted molar refractivity (Wildman–Crippen MR) is 120 cm³/mol. The lowest BCUT2D eigenvalue weighted by atomic mass is 9.58. The molecule has 0 bridgehead atoms. The van der Waals surface area contributed by atoms with E-state index in [2.05, 4.69) is 65.9 Å². The Balaban J connectivity index is 1.65. The van der Waals surface area contributed by atoms with Gasteiger partial charge in [-0.25, -0.2) is 0 Å². The number of aryl methyl sites for hydroxylation is 1. The van der Waals surface area contributed by atoms with Gasteiger partial charge in [-0.1, -0.05) is 30.3 Å². The van der Waals surface area contributed by atoms with E-state index in [-0.39, 0.29) is 5.41 Å². The van der Waals surface area contributed by atoms with Crippen LogP contribution in [0.3, 0.4) is 0 Å². The van der Waals surface area contributed by atoms with Crippen LogP contribution in [0.5, 0.6) is 5.75 Å². The highest BCUT2D eigenvalue weighted by Gasteiger charge is 2.48. The van der Waals surface area contributed by atoms with E-state index < -0.39 is 0 Å². The molecular formula is C26H30N2O. The topological polar surface area (TPSA) is 28.3 Å². The van der Waals surface area contributed by atoms with Crippen LogP contribution in [0, 0.1) is 12.8 Å². The van der Waals surface area contributed by atoms with Gasteiger partial charge in [-0.05, 0) is 73.5 Å². The van der Waals surface area contributed by atoms with Crippen molar-refractivity contribution in [3.8, 4) is 5.75 Å². The van der Waals surface area contributed by atoms with E-state index >= 15 is 0 Å². The normalized spacial score (nSPS) is 24.1. The zero-order chi connectivity index (χ0) is 20.0. The molecule has 1 aliphatic heterocycles. The first-order valence-electron chi connectivity index (χ1n) is 10.7. The first kappa shape index (κ1) is 18.5. The van der Waals surface area contributed by atoms with Gasteiger partial charge in [0.2, 0.25) is 0 Å². The highest BCUT2D eigenvalue weighted by atomic mass is 16.5. The van der Waals surface area contributed by atoms with Crippen LogP contribution in [0.2, 0.25) is 0 Å². The Morgan fingerprint density at radius 2 is 2.14 bits per heavy atom. The summed E-state index contributed by atoms with van der Waals surface area (Å²) >= 11 is 0. The fraction of sp³-hybridized carbons (Fsp3) is 0.385. The standard InChI is InChI=1S/C26H30N2O/c1-4-12-28-13-11-26(19-8-6-9-21(14-19)29-3)16-24-22(15-20(26)17-28)25-18(2)7-5-10-23(25)27-24/h4-10,14,20,27H,1,11-13,15-17H2,2-3H3/t20?,26-/m1/s1. The SMILES string of the molecule is C=CCN1CC[C@]2(c3cccc(OC)c3)Cc3[nH]c4cccc(C)c4c3CC2C1. The molecule has 0 amide bonds. The minimum absolute atomic E-state index is 0.161. The minimum Gasteiger partial charge on any atom is -0.497 e. The monoisotopic (exact) mass is 386 g/mol. The predicted octanol–water partition coefficient (Wildman–Crippen LogP) is 5.03. The molecule has 1 aliphatic carbocycles. The zero-order valence-electron chi connectivity index (χ0n) is 17.5. The molecule has 1 aromatic heterocycles. The van der Waals surface area contributed by atoms with E-state index in [4.69, 9.17) is 4.74 Å². The Hall–Kier alpha value is -2.52. The molecule has 0 radical (unpaired) electrons. The lowest BCUT2D eigenvalue weighted by Crippen LogP contribution is -2.53. The van der Waals surface area contributed by atoms with E-state index in [1.807, 2.05) is 6.08 Å². The molecule has 2 atom stereocenters. The van der Waals surface area contributed by atoms with Crippen molar-refractivity contribution in [3.63, 3.8) is 0 Å². The summed E-state index contributed by atoms with van der Waals surface area (Å²) in [7, 11) is 1.76. The van der Waals surface area contributed by atoms with Crippen LogP contribution in [0.25, 0.3) is 10.9 Å². The fourth-order valence-corrected chi connectivity index (χ4v) is 5.89. The molecular weight excluding hydrogens is 356 g/mol. The summed E-state index contributed by atoms with van der Waals surface area (Å²) < 4.78 is 5.58. The quantitative estimate of drug-likeness (QED) is 0.637. The Morgan fingerprint density at radius 1 is 1.28 bits per heavy atom. The minimum atomic E-state index is 0.161. The summed E-state index contributed by atoms with van der Waals surface area (Å²) in [6.45, 7) is 9.44. The first-order chi connectivity index (χ1) is 14.1. The molecule has 3 nitrogen and oxygen atoms in total. The van der Waals surface area contributed by atoms with E-state index in [1.54, 1.807) is 12.7 Å². The van der Waals surface area contributed by atoms with Crippen LogP contribution in [0.15, 0.2) is 55.1 Å². The number of methoxy groups -OCH3 is 1. The van der Waals surface area contributed by atoms with E-state index in [1.165, 1.54) is 34.1 Å². The number of hydrogen-bond acceptors (Lipinski definition) is 2. The number of nitrogens with one attached hydrogen (secondary N) is 1. The van der Waals surface area contributed by atoms with Gasteiger partial charge in [0.15, 0.2) is 0 Å². The highest BCUT2D eigenvalue weighted by molar-refractivity contribution is 5.88. The second-order valence-electron chi connectivity index (χ2n) is 8.84. The van der Waals surface area contributed by atoms with Gasteiger partial charge in [-0.15, -0.1) is 6.58 Å². The second kappa shape index (κ2) is 7.07. The molecule has 2 aliphatic rings. The van der Waals surface area contributed by atoms with Crippen molar-refractivity contribution in [1.82, 2.24) is 9.88 Å². The Morgan fingerprint density at radius 3 is 2.97 bits per heavy atom. The van der Waals surface area contributed by atoms with Gasteiger partial charge in [-0.3, -0.25) is 4.90 Å². The fourth-order valence-electron chi connectivity index (χ4n) is 5.89. The molecule has 1 fully saturated rings. The van der Waals surface area contributed by atoms with Crippen molar-refractivity contribution < 1.29 is 4.74 Å². The van der Waals surface area contributed by atoms with Crippen LogP contribution in [-0.4, -0.2) is 36.6 Å². The number of H-pyrrole nitrogens is 1. The summed E-state index contributed by atoms with van der Waals surface area (Å²) in [5.41, 5.74) is 7.24. The van der Waals surface area contributed by atoms with Gasteiger partial charge >= 0.3 is 0 Å². The van der Waals surface area contributed by atoms with Crippen molar-refractivity contribution in [1.29, 1.82) is 0 Å². The van der Waals surface area contributed by atoms with Crippen LogP contribution < -0.4 is 4.74 Å². The van der Waals surface area contributed by atoms with Gasteiger partial charge in [0.1, 0.15) is 5.75 Å². The van der Waals surface area contributed by atoms with Gasteiger partial charge in [0.25, 0.3) is 0 Å². The summed E-state index contributed by atoms with van der Waals surface area (Å²) in [4.78, 5) is 6.36. The Kier molecular flexibility index (Phi) is 4.51. The van der Waals surface area contributed by atoms with Gasteiger partial charge in [-0.2, -0.15) is 0 Å². The lowest BCUT2D eigenvalue weighted by Gasteiger charge is -2.51. The molecule has 0 saturated carbocycles. The molecule has 1 saturated heterocycles. The van der Waals surface area contributed by atoms with Crippen LogP contribution >= 0.6 is 0 Å². The maximum atomic E-state index is 5.58. The maximum Gasteiger partial charge on any atom is 0.119 e. The summed E-state index contributed by atoms with van der Waals surface area (Å²) in [5.74, 6) is 1.55. The molecule has 150 valence electrons. The molecule has 3 aromatic rings. The lowest BCUT2D eigenvalue weighted by molar-refractivity contribution is 0.0896. The average Bonchev–Trinajstić information content (AvgIpc) is 3.10. The van der Waals surface area contributed by atoms with Crippen molar-refractivity contribution in [2.75, 3.05) is 26.7 Å². The van der Waals surface area contributed by atoms with Crippen molar-refractivity contribution in [3.05, 3.63) is 77.5 Å². The van der Waals surface area contributed by atoms with Crippen molar-refractivity contribution in [2.24, 2.45) is 5.92 Å². The van der Waals surface area contributed by atoms with E-state index in [0.29, 0.717) is 5.92 Å². The Bertz CT molecular complexity index is 1070. The largest absolute Gasteiger partial charge is 0.497 e. The molecule has 0 spiro atoms. The number of hydrogen-bond donors (Lipinski definition) is 1. The number of fused-ring (bicyclic) bond motifs is 4. The number of aromatic amines is 1. The Labute approximate surface area is 173 Å². The van der Waals surface area contributed by atoms with Crippen molar-refractivity contribution >= 4 is 10.9 Å². The van der Waals surface area contributed by atoms with Crippen LogP contribution in [0.1, 0.15) is 28.8 Å². The third-order valence-electron chi connectivity index (χ3n) is 7.33. The second-order valence-corrected chi connectivity index (χ2v) is 8.84. The molecule has 2 heterocycles. The van der Waals surface area contributed by atoms with E-state index in [9.17, 15) is 0 Å². The third kappa shape index (κ3) is 2.91. The first-order valence-corrected chi connectivity index (χ1v) is 10.7. The molecule has 2 aromatic carbocycles. The number of piperidine rings is 1. The maximum absolute atomic E-state index is 5.58. The summed E-state index contributed by atoms with van der Waals surface area (Å²) in [6.07, 6.45) is 5.43. The van der Waals surface area contributed by atoms with Gasteiger partial charge in [0, 0.05) is 35.1 Å². The van der Waals surface area contributed by atoms with Gasteiger partial charge in [0.05, 0.1) is 7.11 Å². The number of rotatable bonds is 4. The highest BCUT2D eigenvalue weighted by Crippen LogP contribution is 2.49. The summed E-state index contributed by atoms with van der Waals surface area (Å²) in [6, 6.07) is 15.4. The van der Waals surface area contributed by atoms with E-state index in [0.717, 1.165) is 38.2 Å². The average molecular weight is 387 g/mol. The smallest absolute Gasteiger partial charge is 0.119 e. The molecule has 1 unspecified atom stereocenters. The molecule has 3 heteroatoms. The molecule has 29 heavy (non-hydrogen) atoms. The van der Waals surface area contributed by atoms with Crippen LogP contribution in [0.4, 0.5) is 0 Å². The summed E-state index contributed by atoms with van der Waals surface area (Å²) in [5, 5.41) is 1.45. The molecule has 5 rings (SSSR count). The zero-order valence-corrected chi connectivity index (χ0v) is 17.5. The van der Waals surface area contributed by atoms with Crippen molar-refractivity contribution in [2.45, 2.75) is 31.6 Å². The number of ether oxygens (including phenoxy) is 1. The number of nitrogens with zero attached hydrogens (tertiary/aromatic N) is 1. The van der Waals surface area contributed by atoms with Crippen LogP contribution in [-0.2, 0) is 18.3 Å². The number of aromatic nitrogens is 1. The third-order valence-corrected chi connectivity index (χ3v) is 7.33.